The van der Waals surface area contributed by atoms with E-state index in [1.54, 1.807) is 42.5 Å². The molecule has 2 N–H and O–H groups in total. The zero-order valence-electron chi connectivity index (χ0n) is 13.9. The Bertz CT molecular complexity index is 746. The smallest absolute Gasteiger partial charge is 0.255 e. The van der Waals surface area contributed by atoms with Gasteiger partial charge in [0.05, 0.1) is 10.7 Å². The molecule has 0 radical (unpaired) electrons. The Kier molecular flexibility index (Phi) is 7.29. The molecule has 0 aliphatic rings. The van der Waals surface area contributed by atoms with Crippen LogP contribution in [0.1, 0.15) is 46.9 Å². The molecule has 0 aliphatic carbocycles. The van der Waals surface area contributed by atoms with Crippen LogP contribution in [0.4, 0.5) is 5.69 Å². The summed E-state index contributed by atoms with van der Waals surface area (Å²) in [5.74, 6) is -0.442. The predicted octanol–water partition coefficient (Wildman–Crippen LogP) is 5.17. The van der Waals surface area contributed by atoms with Crippen LogP contribution in [0.15, 0.2) is 42.5 Å². The third-order valence-electron chi connectivity index (χ3n) is 3.65. The normalized spacial score (nSPS) is 10.4. The minimum absolute atomic E-state index is 0.135. The predicted molar refractivity (Wildman–Crippen MR) is 103 cm³/mol. The van der Waals surface area contributed by atoms with Crippen molar-refractivity contribution in [1.82, 2.24) is 5.32 Å². The molecular weight excluding hydrogens is 359 g/mol. The summed E-state index contributed by atoms with van der Waals surface area (Å²) in [6.07, 6.45) is 3.16. The second-order valence-electron chi connectivity index (χ2n) is 5.62. The highest BCUT2D eigenvalue weighted by Gasteiger charge is 2.10. The van der Waals surface area contributed by atoms with E-state index in [-0.39, 0.29) is 11.8 Å². The topological polar surface area (TPSA) is 58.2 Å². The van der Waals surface area contributed by atoms with Gasteiger partial charge in [-0.2, -0.15) is 0 Å². The minimum Gasteiger partial charge on any atom is -0.352 e. The molecule has 0 aromatic heterocycles. The molecule has 2 aromatic carbocycles. The highest BCUT2D eigenvalue weighted by Crippen LogP contribution is 2.25. The molecule has 2 aromatic rings. The van der Waals surface area contributed by atoms with Crippen LogP contribution < -0.4 is 10.6 Å². The van der Waals surface area contributed by atoms with Crippen LogP contribution in [0, 0.1) is 0 Å². The van der Waals surface area contributed by atoms with Gasteiger partial charge in [-0.25, -0.2) is 0 Å². The number of carbonyl (C=O) groups is 2. The van der Waals surface area contributed by atoms with Gasteiger partial charge in [0, 0.05) is 22.7 Å². The lowest BCUT2D eigenvalue weighted by Gasteiger charge is -2.08. The van der Waals surface area contributed by atoms with Crippen LogP contribution >= 0.6 is 23.2 Å². The minimum atomic E-state index is -0.306. The van der Waals surface area contributed by atoms with Gasteiger partial charge in [-0.05, 0) is 48.9 Å². The zero-order valence-corrected chi connectivity index (χ0v) is 15.5. The van der Waals surface area contributed by atoms with E-state index >= 15 is 0 Å². The first-order valence-corrected chi connectivity index (χ1v) is 8.91. The number of anilines is 1. The van der Waals surface area contributed by atoms with Gasteiger partial charge in [0.2, 0.25) is 0 Å². The van der Waals surface area contributed by atoms with Crippen LogP contribution in [-0.2, 0) is 0 Å². The number of halogens is 2. The average molecular weight is 379 g/mol. The summed E-state index contributed by atoms with van der Waals surface area (Å²) >= 11 is 11.9. The fraction of sp³-hybridized carbons (Fsp3) is 0.263. The quantitative estimate of drug-likeness (QED) is 0.653. The summed E-state index contributed by atoms with van der Waals surface area (Å²) in [5, 5.41) is 6.45. The Hall–Kier alpha value is -2.04. The number of unbranched alkanes of at least 4 members (excludes halogenated alkanes) is 2. The Morgan fingerprint density at radius 2 is 1.56 bits per heavy atom. The van der Waals surface area contributed by atoms with Crippen LogP contribution in [0.3, 0.4) is 0 Å². The van der Waals surface area contributed by atoms with Gasteiger partial charge in [-0.1, -0.05) is 43.0 Å². The third-order valence-corrected chi connectivity index (χ3v) is 4.20. The summed E-state index contributed by atoms with van der Waals surface area (Å²) < 4.78 is 0. The lowest BCUT2D eigenvalue weighted by atomic mass is 10.1. The monoisotopic (exact) mass is 378 g/mol. The van der Waals surface area contributed by atoms with Gasteiger partial charge in [0.15, 0.2) is 0 Å². The highest BCUT2D eigenvalue weighted by molar-refractivity contribution is 6.36. The maximum atomic E-state index is 12.3. The van der Waals surface area contributed by atoms with Gasteiger partial charge in [0.1, 0.15) is 0 Å². The molecule has 0 heterocycles. The molecule has 0 saturated heterocycles. The van der Waals surface area contributed by atoms with E-state index in [0.29, 0.717) is 33.4 Å². The molecule has 6 heteroatoms. The number of rotatable bonds is 7. The summed E-state index contributed by atoms with van der Waals surface area (Å²) in [5.41, 5.74) is 1.44. The Balaban J connectivity index is 1.96. The second kappa shape index (κ2) is 9.44. The molecular formula is C19H20Cl2N2O2. The van der Waals surface area contributed by atoms with E-state index < -0.39 is 0 Å². The molecule has 2 rings (SSSR count). The maximum absolute atomic E-state index is 12.3. The van der Waals surface area contributed by atoms with Crippen molar-refractivity contribution in [3.05, 3.63) is 63.6 Å². The fourth-order valence-electron chi connectivity index (χ4n) is 2.24. The number of carbonyl (C=O) groups excluding carboxylic acids is 2. The molecule has 0 bridgehead atoms. The zero-order chi connectivity index (χ0) is 18.2. The molecule has 4 nitrogen and oxygen atoms in total. The van der Waals surface area contributed by atoms with Gasteiger partial charge in [-0.15, -0.1) is 0 Å². The fourth-order valence-corrected chi connectivity index (χ4v) is 2.69. The van der Waals surface area contributed by atoms with Crippen molar-refractivity contribution in [3.63, 3.8) is 0 Å². The number of benzene rings is 2. The SMILES string of the molecule is CCCCCNC(=O)c1ccc(C(=O)Nc2ccc(Cl)cc2Cl)cc1. The number of hydrogen-bond donors (Lipinski definition) is 2. The number of hydrogen-bond acceptors (Lipinski definition) is 2. The molecule has 132 valence electrons. The van der Waals surface area contributed by atoms with Gasteiger partial charge in [-0.3, -0.25) is 9.59 Å². The summed E-state index contributed by atoms with van der Waals surface area (Å²) in [6.45, 7) is 2.77. The van der Waals surface area contributed by atoms with Crippen LogP contribution in [0.25, 0.3) is 0 Å². The number of amides is 2. The lowest BCUT2D eigenvalue weighted by molar-refractivity contribution is 0.0951. The molecule has 2 amide bonds. The maximum Gasteiger partial charge on any atom is 0.255 e. The van der Waals surface area contributed by atoms with Crippen molar-refractivity contribution in [1.29, 1.82) is 0 Å². The van der Waals surface area contributed by atoms with Gasteiger partial charge in [0.25, 0.3) is 11.8 Å². The van der Waals surface area contributed by atoms with Crippen molar-refractivity contribution in [2.24, 2.45) is 0 Å². The Morgan fingerprint density at radius 1 is 0.920 bits per heavy atom. The summed E-state index contributed by atoms with van der Waals surface area (Å²) in [4.78, 5) is 24.3. The third kappa shape index (κ3) is 5.76. The summed E-state index contributed by atoms with van der Waals surface area (Å²) in [6, 6.07) is 11.3. The van der Waals surface area contributed by atoms with Gasteiger partial charge < -0.3 is 10.6 Å². The summed E-state index contributed by atoms with van der Waals surface area (Å²) in [7, 11) is 0. The van der Waals surface area contributed by atoms with E-state index in [4.69, 9.17) is 23.2 Å². The average Bonchev–Trinajstić information content (AvgIpc) is 2.61. The molecule has 0 saturated carbocycles. The van der Waals surface area contributed by atoms with Crippen LogP contribution in [-0.4, -0.2) is 18.4 Å². The molecule has 0 atom stereocenters. The largest absolute Gasteiger partial charge is 0.352 e. The standard InChI is InChI=1S/C19H20Cl2N2O2/c1-2-3-4-11-22-18(24)13-5-7-14(8-6-13)19(25)23-17-10-9-15(20)12-16(17)21/h5-10,12H,2-4,11H2,1H3,(H,22,24)(H,23,25). The lowest BCUT2D eigenvalue weighted by Crippen LogP contribution is -2.24. The highest BCUT2D eigenvalue weighted by atomic mass is 35.5. The van der Waals surface area contributed by atoms with E-state index in [1.807, 2.05) is 0 Å². The Morgan fingerprint density at radius 3 is 2.16 bits per heavy atom. The Labute approximate surface area is 157 Å². The first kappa shape index (κ1) is 19.3. The molecule has 0 fully saturated rings. The number of nitrogens with one attached hydrogen (secondary N) is 2. The van der Waals surface area contributed by atoms with E-state index in [0.717, 1.165) is 19.3 Å². The van der Waals surface area contributed by atoms with E-state index in [2.05, 4.69) is 17.6 Å². The molecule has 0 unspecified atom stereocenters. The van der Waals surface area contributed by atoms with Crippen molar-refractivity contribution >= 4 is 40.7 Å². The van der Waals surface area contributed by atoms with Gasteiger partial charge >= 0.3 is 0 Å². The van der Waals surface area contributed by atoms with Crippen molar-refractivity contribution < 1.29 is 9.59 Å². The van der Waals surface area contributed by atoms with Crippen molar-refractivity contribution in [3.8, 4) is 0 Å². The van der Waals surface area contributed by atoms with Crippen LogP contribution in [0.2, 0.25) is 10.0 Å². The van der Waals surface area contributed by atoms with Crippen molar-refractivity contribution in [2.75, 3.05) is 11.9 Å². The second-order valence-corrected chi connectivity index (χ2v) is 6.46. The molecule has 0 spiro atoms. The van der Waals surface area contributed by atoms with E-state index in [9.17, 15) is 9.59 Å². The molecule has 25 heavy (non-hydrogen) atoms. The first-order valence-electron chi connectivity index (χ1n) is 8.16. The molecule has 0 aliphatic heterocycles. The van der Waals surface area contributed by atoms with Crippen molar-refractivity contribution in [2.45, 2.75) is 26.2 Å². The van der Waals surface area contributed by atoms with Crippen LogP contribution in [0.5, 0.6) is 0 Å². The first-order chi connectivity index (χ1) is 12.0. The van der Waals surface area contributed by atoms with E-state index in [1.165, 1.54) is 0 Å².